The van der Waals surface area contributed by atoms with Gasteiger partial charge in [-0.3, -0.25) is 4.79 Å². The first-order valence-corrected chi connectivity index (χ1v) is 8.08. The van der Waals surface area contributed by atoms with E-state index in [0.29, 0.717) is 24.4 Å². The zero-order valence-corrected chi connectivity index (χ0v) is 14.3. The van der Waals surface area contributed by atoms with E-state index in [0.717, 1.165) is 31.5 Å². The summed E-state index contributed by atoms with van der Waals surface area (Å²) in [5.74, 6) is 0.304. The fourth-order valence-corrected chi connectivity index (χ4v) is 3.91. The van der Waals surface area contributed by atoms with Crippen LogP contribution in [0, 0.1) is 3.57 Å². The van der Waals surface area contributed by atoms with Crippen LogP contribution >= 0.6 is 35.0 Å². The third kappa shape index (κ3) is 3.46. The Labute approximate surface area is 140 Å². The van der Waals surface area contributed by atoms with E-state index >= 15 is 0 Å². The van der Waals surface area contributed by atoms with Crippen molar-refractivity contribution < 1.29 is 4.79 Å². The van der Waals surface area contributed by atoms with Crippen molar-refractivity contribution in [1.82, 2.24) is 10.2 Å². The number of halogens is 2. The molecule has 2 unspecified atom stereocenters. The van der Waals surface area contributed by atoms with E-state index in [1.54, 1.807) is 0 Å². The molecule has 1 amide bonds. The molecule has 0 aliphatic carbocycles. The lowest BCUT2D eigenvalue weighted by Gasteiger charge is -2.28. The molecule has 3 rings (SSSR count). The van der Waals surface area contributed by atoms with E-state index in [1.807, 2.05) is 6.07 Å². The molecule has 1 aromatic carbocycles. The molecule has 1 aromatic rings. The summed E-state index contributed by atoms with van der Waals surface area (Å²) in [6.07, 6.45) is 4.00. The second-order valence-electron chi connectivity index (χ2n) is 5.49. The van der Waals surface area contributed by atoms with E-state index < -0.39 is 0 Å². The third-order valence-corrected chi connectivity index (χ3v) is 4.86. The Morgan fingerprint density at radius 3 is 2.90 bits per heavy atom. The van der Waals surface area contributed by atoms with Gasteiger partial charge in [0, 0.05) is 22.2 Å². The highest BCUT2D eigenvalue weighted by Crippen LogP contribution is 2.28. The molecule has 2 fully saturated rings. The van der Waals surface area contributed by atoms with Crippen molar-refractivity contribution in [2.75, 3.05) is 13.1 Å². The van der Waals surface area contributed by atoms with Crippen LogP contribution in [-0.4, -0.2) is 36.0 Å². The van der Waals surface area contributed by atoms with Gasteiger partial charge in [0.15, 0.2) is 0 Å². The van der Waals surface area contributed by atoms with Gasteiger partial charge >= 0.3 is 0 Å². The molecule has 0 radical (unpaired) electrons. The fourth-order valence-electron chi connectivity index (χ4n) is 3.30. The van der Waals surface area contributed by atoms with Crippen LogP contribution in [0.15, 0.2) is 24.3 Å². The van der Waals surface area contributed by atoms with Crippen molar-refractivity contribution in [2.45, 2.75) is 37.8 Å². The van der Waals surface area contributed by atoms with Gasteiger partial charge in [-0.15, -0.1) is 12.4 Å². The van der Waals surface area contributed by atoms with Gasteiger partial charge in [-0.25, -0.2) is 0 Å². The van der Waals surface area contributed by atoms with Gasteiger partial charge < -0.3 is 10.2 Å². The summed E-state index contributed by atoms with van der Waals surface area (Å²) in [7, 11) is 0. The zero-order valence-electron chi connectivity index (χ0n) is 11.3. The largest absolute Gasteiger partial charge is 0.335 e. The van der Waals surface area contributed by atoms with Gasteiger partial charge in [0.1, 0.15) is 0 Å². The maximum atomic E-state index is 12.6. The van der Waals surface area contributed by atoms with E-state index in [1.165, 1.54) is 9.99 Å². The number of fused-ring (bicyclic) bond motifs is 2. The maximum absolute atomic E-state index is 12.6. The van der Waals surface area contributed by atoms with Gasteiger partial charge in [0.2, 0.25) is 5.91 Å². The highest BCUT2D eigenvalue weighted by Gasteiger charge is 2.37. The summed E-state index contributed by atoms with van der Waals surface area (Å²) in [6, 6.07) is 9.14. The van der Waals surface area contributed by atoms with Crippen LogP contribution in [0.1, 0.15) is 24.8 Å². The second kappa shape index (κ2) is 7.09. The average Bonchev–Trinajstić information content (AvgIpc) is 2.63. The number of rotatable bonds is 2. The molecule has 0 aromatic heterocycles. The monoisotopic (exact) mass is 406 g/mol. The van der Waals surface area contributed by atoms with Gasteiger partial charge in [-0.05, 0) is 66.1 Å². The Morgan fingerprint density at radius 1 is 1.30 bits per heavy atom. The number of nitrogens with one attached hydrogen (secondary N) is 1. The van der Waals surface area contributed by atoms with Crippen LogP contribution in [0.3, 0.4) is 0 Å². The Morgan fingerprint density at radius 2 is 2.10 bits per heavy atom. The molecule has 2 saturated heterocycles. The molecule has 20 heavy (non-hydrogen) atoms. The minimum absolute atomic E-state index is 0. The molecule has 110 valence electrons. The molecule has 5 heteroatoms. The number of carbonyl (C=O) groups is 1. The predicted molar refractivity (Wildman–Crippen MR) is 91.3 cm³/mol. The zero-order chi connectivity index (χ0) is 13.2. The molecule has 2 heterocycles. The minimum Gasteiger partial charge on any atom is -0.335 e. The Hall–Kier alpha value is -0.330. The van der Waals surface area contributed by atoms with Crippen molar-refractivity contribution >= 4 is 40.9 Å². The molecule has 0 spiro atoms. The summed E-state index contributed by atoms with van der Waals surface area (Å²) in [6.45, 7) is 2.02. The predicted octanol–water partition coefficient (Wildman–Crippen LogP) is 2.61. The van der Waals surface area contributed by atoms with Gasteiger partial charge in [0.25, 0.3) is 0 Å². The topological polar surface area (TPSA) is 32.3 Å². The number of nitrogens with zero attached hydrogens (tertiary/aromatic N) is 1. The van der Waals surface area contributed by atoms with Crippen LogP contribution in [0.4, 0.5) is 0 Å². The lowest BCUT2D eigenvalue weighted by Crippen LogP contribution is -2.43. The molecule has 2 aliphatic heterocycles. The number of hydrogen-bond acceptors (Lipinski definition) is 2. The second-order valence-corrected chi connectivity index (χ2v) is 6.73. The van der Waals surface area contributed by atoms with Crippen LogP contribution in [0.2, 0.25) is 0 Å². The van der Waals surface area contributed by atoms with Crippen LogP contribution in [-0.2, 0) is 11.2 Å². The van der Waals surface area contributed by atoms with E-state index in [2.05, 4.69) is 51.0 Å². The molecular weight excluding hydrogens is 387 g/mol. The molecule has 0 saturated carbocycles. The number of hydrogen-bond donors (Lipinski definition) is 1. The van der Waals surface area contributed by atoms with Crippen molar-refractivity contribution in [3.63, 3.8) is 0 Å². The molecule has 2 aliphatic rings. The minimum atomic E-state index is 0. The molecular formula is C15H20ClIN2O. The summed E-state index contributed by atoms with van der Waals surface area (Å²) >= 11 is 2.30. The van der Waals surface area contributed by atoms with E-state index in [4.69, 9.17) is 0 Å². The molecule has 2 atom stereocenters. The highest BCUT2D eigenvalue weighted by molar-refractivity contribution is 14.1. The Balaban J connectivity index is 0.00000147. The van der Waals surface area contributed by atoms with Crippen LogP contribution in [0.5, 0.6) is 0 Å². The summed E-state index contributed by atoms with van der Waals surface area (Å²) in [5.41, 5.74) is 1.13. The van der Waals surface area contributed by atoms with Crippen molar-refractivity contribution in [2.24, 2.45) is 0 Å². The molecule has 3 nitrogen and oxygen atoms in total. The first kappa shape index (κ1) is 16.0. The van der Waals surface area contributed by atoms with Gasteiger partial charge in [-0.2, -0.15) is 0 Å². The standard InChI is InChI=1S/C15H19IN2O.ClH/c16-12-3-1-2-11(8-12)9-15(19)18-13-4-5-14(18)10-17-7-6-13;/h1-3,8,13-14,17H,4-7,9-10H2;1H. The van der Waals surface area contributed by atoms with Crippen molar-refractivity contribution in [3.05, 3.63) is 33.4 Å². The first-order valence-electron chi connectivity index (χ1n) is 7.00. The van der Waals surface area contributed by atoms with Crippen LogP contribution in [0.25, 0.3) is 0 Å². The average molecular weight is 407 g/mol. The van der Waals surface area contributed by atoms with Crippen LogP contribution < -0.4 is 5.32 Å². The van der Waals surface area contributed by atoms with Gasteiger partial charge in [0.05, 0.1) is 6.42 Å². The Bertz CT molecular complexity index is 469. The smallest absolute Gasteiger partial charge is 0.227 e. The lowest BCUT2D eigenvalue weighted by atomic mass is 10.1. The lowest BCUT2D eigenvalue weighted by molar-refractivity contribution is -0.133. The molecule has 2 bridgehead atoms. The van der Waals surface area contributed by atoms with Gasteiger partial charge in [-0.1, -0.05) is 12.1 Å². The number of carbonyl (C=O) groups excluding carboxylic acids is 1. The fraction of sp³-hybridized carbons (Fsp3) is 0.533. The van der Waals surface area contributed by atoms with Crippen molar-refractivity contribution in [3.8, 4) is 0 Å². The van der Waals surface area contributed by atoms with E-state index in [9.17, 15) is 4.79 Å². The first-order chi connectivity index (χ1) is 9.24. The summed E-state index contributed by atoms with van der Waals surface area (Å²) < 4.78 is 1.20. The van der Waals surface area contributed by atoms with Crippen molar-refractivity contribution in [1.29, 1.82) is 0 Å². The number of benzene rings is 1. The SMILES string of the molecule is Cl.O=C(Cc1cccc(I)c1)N1C2CCNCC1CC2. The number of amides is 1. The quantitative estimate of drug-likeness (QED) is 0.766. The third-order valence-electron chi connectivity index (χ3n) is 4.19. The maximum Gasteiger partial charge on any atom is 0.227 e. The highest BCUT2D eigenvalue weighted by atomic mass is 127. The Kier molecular flexibility index (Phi) is 5.69. The normalized spacial score (nSPS) is 24.9. The van der Waals surface area contributed by atoms with E-state index in [-0.39, 0.29) is 12.4 Å². The summed E-state index contributed by atoms with van der Waals surface area (Å²) in [4.78, 5) is 14.8. The summed E-state index contributed by atoms with van der Waals surface area (Å²) in [5, 5.41) is 3.44. The molecule has 1 N–H and O–H groups in total.